The molecular formula is C13H13BBrNO6. The number of carbonyl (C=O) groups is 3. The van der Waals surface area contributed by atoms with E-state index >= 15 is 0 Å². The Bertz CT molecular complexity index is 592. The maximum absolute atomic E-state index is 11.6. The van der Waals surface area contributed by atoms with Crippen molar-refractivity contribution in [2.45, 2.75) is 6.92 Å². The highest BCUT2D eigenvalue weighted by atomic mass is 79.9. The Labute approximate surface area is 135 Å². The smallest absolute Gasteiger partial charge is 0.495 e. The predicted molar refractivity (Wildman–Crippen MR) is 80.4 cm³/mol. The van der Waals surface area contributed by atoms with Crippen LogP contribution >= 0.6 is 15.9 Å². The summed E-state index contributed by atoms with van der Waals surface area (Å²) in [6.07, 6.45) is 3.09. The summed E-state index contributed by atoms with van der Waals surface area (Å²) in [7, 11) is 0.516. The summed E-state index contributed by atoms with van der Waals surface area (Å²) < 4.78 is 15.4. The maximum atomic E-state index is 11.6. The highest BCUT2D eigenvalue weighted by molar-refractivity contribution is 9.12. The van der Waals surface area contributed by atoms with Gasteiger partial charge in [0.2, 0.25) is 0 Å². The van der Waals surface area contributed by atoms with Crippen LogP contribution in [-0.2, 0) is 28.4 Å². The van der Waals surface area contributed by atoms with Crippen molar-refractivity contribution in [3.8, 4) is 0 Å². The third kappa shape index (κ3) is 4.57. The summed E-state index contributed by atoms with van der Waals surface area (Å²) >= 11 is 3.06. The Balaban J connectivity index is 2.09. The highest BCUT2D eigenvalue weighted by Gasteiger charge is 2.29. The Morgan fingerprint density at radius 2 is 1.86 bits per heavy atom. The van der Waals surface area contributed by atoms with Gasteiger partial charge in [-0.25, -0.2) is 4.79 Å². The fourth-order valence-corrected chi connectivity index (χ4v) is 2.16. The van der Waals surface area contributed by atoms with Gasteiger partial charge in [-0.3, -0.25) is 14.5 Å². The molecular weight excluding hydrogens is 357 g/mol. The summed E-state index contributed by atoms with van der Waals surface area (Å²) in [4.78, 5) is 35.9. The minimum atomic E-state index is -1.10. The molecule has 7 nitrogen and oxygen atoms in total. The van der Waals surface area contributed by atoms with Gasteiger partial charge in [-0.1, -0.05) is 5.57 Å². The van der Waals surface area contributed by atoms with Crippen LogP contribution in [0.25, 0.3) is 0 Å². The van der Waals surface area contributed by atoms with E-state index in [1.54, 1.807) is 20.0 Å². The number of rotatable bonds is 2. The van der Waals surface area contributed by atoms with Gasteiger partial charge in [0.15, 0.2) is 0 Å². The van der Waals surface area contributed by atoms with Gasteiger partial charge in [0.25, 0.3) is 0 Å². The summed E-state index contributed by atoms with van der Waals surface area (Å²) in [5.74, 6) is 0.334. The number of hydrogen-bond acceptors (Lipinski definition) is 7. The molecule has 2 heterocycles. The molecule has 0 aliphatic carbocycles. The van der Waals surface area contributed by atoms with E-state index in [2.05, 4.69) is 15.9 Å². The molecule has 9 heteroatoms. The third-order valence-corrected chi connectivity index (χ3v) is 3.29. The molecule has 22 heavy (non-hydrogen) atoms. The molecule has 0 aromatic heterocycles. The Morgan fingerprint density at radius 3 is 2.36 bits per heavy atom. The molecule has 0 bridgehead atoms. The number of cyclic esters (lactones) is 1. The second kappa shape index (κ2) is 6.93. The van der Waals surface area contributed by atoms with Crippen molar-refractivity contribution in [3.63, 3.8) is 0 Å². The van der Waals surface area contributed by atoms with Gasteiger partial charge in [0.05, 0.1) is 13.1 Å². The molecule has 0 N–H and O–H groups in total. The van der Waals surface area contributed by atoms with Crippen molar-refractivity contribution in [1.29, 1.82) is 0 Å². The van der Waals surface area contributed by atoms with E-state index in [0.717, 1.165) is 0 Å². The third-order valence-electron chi connectivity index (χ3n) is 2.74. The molecule has 116 valence electrons. The second-order valence-electron chi connectivity index (χ2n) is 4.86. The first-order chi connectivity index (χ1) is 10.3. The van der Waals surface area contributed by atoms with Gasteiger partial charge in [-0.2, -0.15) is 0 Å². The van der Waals surface area contributed by atoms with Crippen LogP contribution in [0.4, 0.5) is 0 Å². The van der Waals surface area contributed by atoms with Crippen LogP contribution in [0, 0.1) is 0 Å². The average molecular weight is 370 g/mol. The largest absolute Gasteiger partial charge is 0.629 e. The second-order valence-corrected chi connectivity index (χ2v) is 5.71. The first-order valence-corrected chi connectivity index (χ1v) is 7.20. The van der Waals surface area contributed by atoms with Crippen LogP contribution in [0.5, 0.6) is 0 Å². The minimum Gasteiger partial charge on any atom is -0.495 e. The van der Waals surface area contributed by atoms with E-state index in [9.17, 15) is 14.4 Å². The Morgan fingerprint density at radius 1 is 1.27 bits per heavy atom. The molecule has 1 saturated heterocycles. The lowest BCUT2D eigenvalue weighted by molar-refractivity contribution is -0.145. The molecule has 0 unspecified atom stereocenters. The molecule has 0 saturated carbocycles. The molecule has 0 amide bonds. The standard InChI is InChI=1S/C13H13BBrNO6/c1-8(3-9-4-10(15)13(19)20-9)5-14-21-11(17)6-16(2)7-12(18)22-14/h3-5H,6-7H2,1-2H3/b8-5+,9-3-. The molecule has 1 fully saturated rings. The topological polar surface area (TPSA) is 82.1 Å². The Hall–Kier alpha value is -1.87. The van der Waals surface area contributed by atoms with Gasteiger partial charge in [-0.15, -0.1) is 0 Å². The van der Waals surface area contributed by atoms with Crippen LogP contribution in [0.3, 0.4) is 0 Å². The van der Waals surface area contributed by atoms with E-state index in [1.165, 1.54) is 17.0 Å². The van der Waals surface area contributed by atoms with Gasteiger partial charge in [-0.05, 0) is 42.0 Å². The van der Waals surface area contributed by atoms with Crippen LogP contribution in [0.1, 0.15) is 6.92 Å². The molecule has 2 rings (SSSR count). The van der Waals surface area contributed by atoms with Gasteiger partial charge < -0.3 is 14.0 Å². The van der Waals surface area contributed by atoms with Crippen LogP contribution < -0.4 is 0 Å². The molecule has 2 aliphatic rings. The Kier molecular flexibility index (Phi) is 5.20. The summed E-state index contributed by atoms with van der Waals surface area (Å²) in [6, 6.07) is 0. The normalized spacial score (nSPS) is 22.8. The average Bonchev–Trinajstić information content (AvgIpc) is 2.65. The van der Waals surface area contributed by atoms with Gasteiger partial charge in [0.1, 0.15) is 10.2 Å². The molecule has 0 spiro atoms. The van der Waals surface area contributed by atoms with Crippen molar-refractivity contribution in [2.24, 2.45) is 0 Å². The van der Waals surface area contributed by atoms with Gasteiger partial charge >= 0.3 is 25.0 Å². The molecule has 0 aromatic rings. The number of allylic oxidation sites excluding steroid dienone is 3. The van der Waals surface area contributed by atoms with Crippen molar-refractivity contribution in [3.05, 3.63) is 33.9 Å². The van der Waals surface area contributed by atoms with Crippen LogP contribution in [0.15, 0.2) is 33.9 Å². The van der Waals surface area contributed by atoms with Crippen molar-refractivity contribution >= 4 is 41.0 Å². The number of halogens is 1. The molecule has 2 aliphatic heterocycles. The number of carbonyl (C=O) groups excluding carboxylic acids is 3. The van der Waals surface area contributed by atoms with Gasteiger partial charge in [0, 0.05) is 6.08 Å². The lowest BCUT2D eigenvalue weighted by atomic mass is 9.86. The molecule has 0 radical (unpaired) electrons. The van der Waals surface area contributed by atoms with E-state index in [4.69, 9.17) is 14.0 Å². The van der Waals surface area contributed by atoms with E-state index in [-0.39, 0.29) is 13.1 Å². The predicted octanol–water partition coefficient (Wildman–Crippen LogP) is 0.711. The molecule has 0 atom stereocenters. The number of nitrogens with zero attached hydrogens (tertiary/aromatic N) is 1. The first kappa shape index (κ1) is 16.5. The van der Waals surface area contributed by atoms with Crippen LogP contribution in [0.2, 0.25) is 0 Å². The fraction of sp³-hybridized carbons (Fsp3) is 0.308. The van der Waals surface area contributed by atoms with E-state index in [1.807, 2.05) is 0 Å². The quantitative estimate of drug-likeness (QED) is 0.523. The number of esters is 1. The fourth-order valence-electron chi connectivity index (χ4n) is 1.85. The number of ether oxygens (including phenoxy) is 1. The first-order valence-electron chi connectivity index (χ1n) is 6.40. The summed E-state index contributed by atoms with van der Waals surface area (Å²) in [5.41, 5.74) is 0.612. The van der Waals surface area contributed by atoms with Crippen molar-refractivity contribution < 1.29 is 28.4 Å². The monoisotopic (exact) mass is 369 g/mol. The van der Waals surface area contributed by atoms with Crippen LogP contribution in [-0.4, -0.2) is 50.1 Å². The lowest BCUT2D eigenvalue weighted by Gasteiger charge is -2.21. The molecule has 0 aromatic carbocycles. The van der Waals surface area contributed by atoms with E-state index in [0.29, 0.717) is 15.8 Å². The van der Waals surface area contributed by atoms with Crippen molar-refractivity contribution in [2.75, 3.05) is 20.1 Å². The maximum Gasteiger partial charge on any atom is 0.629 e. The summed E-state index contributed by atoms with van der Waals surface area (Å²) in [5, 5.41) is 0. The zero-order valence-corrected chi connectivity index (χ0v) is 13.6. The lowest BCUT2D eigenvalue weighted by Crippen LogP contribution is -2.41. The minimum absolute atomic E-state index is 0.00682. The number of hydrogen-bond donors (Lipinski definition) is 0. The SMILES string of the molecule is CC(/C=C1/C=C(Br)C(=O)O1)=C\B1OC(=O)CN(C)CC(=O)O1. The number of likely N-dealkylation sites (N-methyl/N-ethyl adjacent to an activating group) is 1. The van der Waals surface area contributed by atoms with Crippen molar-refractivity contribution in [1.82, 2.24) is 4.90 Å². The zero-order valence-electron chi connectivity index (χ0n) is 12.0. The summed E-state index contributed by atoms with van der Waals surface area (Å²) in [6.45, 7) is 1.72. The zero-order chi connectivity index (χ0) is 16.3. The van der Waals surface area contributed by atoms with E-state index < -0.39 is 25.0 Å². The highest BCUT2D eigenvalue weighted by Crippen LogP contribution is 2.22.